The van der Waals surface area contributed by atoms with Crippen molar-refractivity contribution >= 4 is 39.7 Å². The van der Waals surface area contributed by atoms with Crippen LogP contribution in [0.25, 0.3) is 0 Å². The molecule has 1 aromatic carbocycles. The van der Waals surface area contributed by atoms with Crippen LogP contribution in [0, 0.1) is 12.8 Å². The van der Waals surface area contributed by atoms with Crippen LogP contribution in [0.5, 0.6) is 0 Å². The molecule has 1 N–H and O–H groups in total. The Morgan fingerprint density at radius 3 is 2.96 bits per heavy atom. The molecule has 2 heterocycles. The van der Waals surface area contributed by atoms with Crippen molar-refractivity contribution in [2.75, 3.05) is 11.9 Å². The Morgan fingerprint density at radius 1 is 1.42 bits per heavy atom. The highest BCUT2D eigenvalue weighted by Crippen LogP contribution is 2.28. The van der Waals surface area contributed by atoms with Crippen molar-refractivity contribution in [3.63, 3.8) is 0 Å². The third-order valence-electron chi connectivity index (χ3n) is 4.78. The summed E-state index contributed by atoms with van der Waals surface area (Å²) in [5, 5.41) is 6.46. The van der Waals surface area contributed by atoms with Gasteiger partial charge in [-0.2, -0.15) is 0 Å². The topological polar surface area (TPSA) is 45.2 Å². The number of thiazole rings is 1. The summed E-state index contributed by atoms with van der Waals surface area (Å²) in [5.74, 6) is 0.564. The lowest BCUT2D eigenvalue weighted by Crippen LogP contribution is -2.46. The van der Waals surface area contributed by atoms with E-state index < -0.39 is 0 Å². The molecule has 0 spiro atoms. The summed E-state index contributed by atoms with van der Waals surface area (Å²) < 4.78 is 0. The van der Waals surface area contributed by atoms with Crippen LogP contribution in [0.1, 0.15) is 42.7 Å². The Morgan fingerprint density at radius 2 is 2.21 bits per heavy atom. The zero-order chi connectivity index (χ0) is 17.3. The molecule has 0 radical (unpaired) electrons. The van der Waals surface area contributed by atoms with Gasteiger partial charge in [0.25, 0.3) is 5.91 Å². The van der Waals surface area contributed by atoms with E-state index in [4.69, 9.17) is 11.6 Å². The molecule has 3 rings (SSSR count). The molecular weight excluding hydrogens is 342 g/mol. The van der Waals surface area contributed by atoms with Crippen LogP contribution in [0.3, 0.4) is 0 Å². The number of hydrogen-bond donors (Lipinski definition) is 1. The van der Waals surface area contributed by atoms with Crippen molar-refractivity contribution < 1.29 is 4.79 Å². The monoisotopic (exact) mass is 363 g/mol. The molecule has 0 bridgehead atoms. The van der Waals surface area contributed by atoms with Gasteiger partial charge in [0.1, 0.15) is 5.69 Å². The smallest absolute Gasteiger partial charge is 0.273 e. The van der Waals surface area contributed by atoms with Gasteiger partial charge in [-0.1, -0.05) is 24.6 Å². The Balaban J connectivity index is 1.72. The summed E-state index contributed by atoms with van der Waals surface area (Å²) in [4.78, 5) is 19.2. The first-order valence-electron chi connectivity index (χ1n) is 8.25. The van der Waals surface area contributed by atoms with Crippen molar-refractivity contribution in [3.05, 3.63) is 39.9 Å². The molecule has 1 saturated heterocycles. The van der Waals surface area contributed by atoms with Gasteiger partial charge in [-0.3, -0.25) is 4.79 Å². The highest BCUT2D eigenvalue weighted by Gasteiger charge is 2.30. The van der Waals surface area contributed by atoms with Crippen molar-refractivity contribution in [1.82, 2.24) is 9.88 Å². The lowest BCUT2D eigenvalue weighted by Gasteiger charge is -2.37. The van der Waals surface area contributed by atoms with Gasteiger partial charge in [0.2, 0.25) is 0 Å². The summed E-state index contributed by atoms with van der Waals surface area (Å²) in [6.45, 7) is 7.12. The number of benzene rings is 1. The maximum atomic E-state index is 12.7. The van der Waals surface area contributed by atoms with E-state index in [-0.39, 0.29) is 11.9 Å². The number of aryl methyl sites for hydroxylation is 1. The first kappa shape index (κ1) is 17.2. The van der Waals surface area contributed by atoms with E-state index in [0.29, 0.717) is 21.8 Å². The number of amides is 1. The van der Waals surface area contributed by atoms with Crippen LogP contribution in [-0.4, -0.2) is 28.4 Å². The number of nitrogens with zero attached hydrogens (tertiary/aromatic N) is 2. The van der Waals surface area contributed by atoms with Crippen molar-refractivity contribution in [1.29, 1.82) is 0 Å². The molecular formula is C18H22ClN3OS. The average molecular weight is 364 g/mol. The number of nitrogens with one attached hydrogen (secondary N) is 1. The van der Waals surface area contributed by atoms with Gasteiger partial charge in [-0.15, -0.1) is 11.3 Å². The Bertz CT molecular complexity index is 746. The Kier molecular flexibility index (Phi) is 5.11. The van der Waals surface area contributed by atoms with Crippen LogP contribution < -0.4 is 5.32 Å². The van der Waals surface area contributed by atoms with E-state index in [0.717, 1.165) is 24.2 Å². The molecule has 1 fully saturated rings. The highest BCUT2D eigenvalue weighted by atomic mass is 35.5. The molecule has 6 heteroatoms. The molecule has 4 nitrogen and oxygen atoms in total. The molecule has 1 aromatic heterocycles. The van der Waals surface area contributed by atoms with Gasteiger partial charge in [0.15, 0.2) is 5.13 Å². The second-order valence-electron chi connectivity index (χ2n) is 6.49. The van der Waals surface area contributed by atoms with E-state index >= 15 is 0 Å². The minimum absolute atomic E-state index is 0.0280. The second-order valence-corrected chi connectivity index (χ2v) is 7.75. The molecule has 0 aliphatic carbocycles. The van der Waals surface area contributed by atoms with Gasteiger partial charge in [-0.05, 0) is 50.3 Å². The van der Waals surface area contributed by atoms with Gasteiger partial charge < -0.3 is 10.2 Å². The van der Waals surface area contributed by atoms with E-state index in [1.807, 2.05) is 35.4 Å². The number of carbonyl (C=O) groups excluding carboxylic acids is 1. The first-order valence-corrected chi connectivity index (χ1v) is 9.51. The van der Waals surface area contributed by atoms with E-state index in [2.05, 4.69) is 24.1 Å². The summed E-state index contributed by atoms with van der Waals surface area (Å²) in [6.07, 6.45) is 2.25. The maximum absolute atomic E-state index is 12.7. The zero-order valence-electron chi connectivity index (χ0n) is 14.2. The van der Waals surface area contributed by atoms with Gasteiger partial charge >= 0.3 is 0 Å². The average Bonchev–Trinajstić information content (AvgIpc) is 3.01. The fourth-order valence-corrected chi connectivity index (χ4v) is 3.88. The standard InChI is InChI=1S/C18H22ClN3OS/c1-11-5-4-8-22(13(11)3)17(23)16-10-24-18(21-16)20-14-7-6-12(2)15(19)9-14/h6-7,9-11,13H,4-5,8H2,1-3H3,(H,20,21)/t11-,13-/m0/s1. The van der Waals surface area contributed by atoms with E-state index in [1.165, 1.54) is 17.8 Å². The number of piperidine rings is 1. The number of halogens is 1. The lowest BCUT2D eigenvalue weighted by molar-refractivity contribution is 0.0546. The summed E-state index contributed by atoms with van der Waals surface area (Å²) in [7, 11) is 0. The fraction of sp³-hybridized carbons (Fsp3) is 0.444. The predicted octanol–water partition coefficient (Wildman–Crippen LogP) is 5.11. The summed E-state index contributed by atoms with van der Waals surface area (Å²) in [5.41, 5.74) is 2.42. The predicted molar refractivity (Wildman–Crippen MR) is 100 cm³/mol. The van der Waals surface area contributed by atoms with Crippen molar-refractivity contribution in [3.8, 4) is 0 Å². The van der Waals surface area contributed by atoms with E-state index in [1.54, 1.807) is 0 Å². The number of carbonyl (C=O) groups is 1. The molecule has 128 valence electrons. The number of anilines is 2. The van der Waals surface area contributed by atoms with E-state index in [9.17, 15) is 4.79 Å². The number of hydrogen-bond acceptors (Lipinski definition) is 4. The largest absolute Gasteiger partial charge is 0.334 e. The highest BCUT2D eigenvalue weighted by molar-refractivity contribution is 7.14. The minimum Gasteiger partial charge on any atom is -0.334 e. The van der Waals surface area contributed by atoms with Gasteiger partial charge in [0.05, 0.1) is 0 Å². The first-order chi connectivity index (χ1) is 11.5. The third kappa shape index (κ3) is 3.57. The number of rotatable bonds is 3. The number of aromatic nitrogens is 1. The van der Waals surface area contributed by atoms with Crippen LogP contribution in [0.15, 0.2) is 23.6 Å². The Hall–Kier alpha value is -1.59. The fourth-order valence-electron chi connectivity index (χ4n) is 2.99. The van der Waals surface area contributed by atoms with Crippen LogP contribution in [0.2, 0.25) is 5.02 Å². The SMILES string of the molecule is Cc1ccc(Nc2nc(C(=O)N3CCC[C@H](C)[C@@H]3C)cs2)cc1Cl. The van der Waals surface area contributed by atoms with Crippen LogP contribution in [-0.2, 0) is 0 Å². The molecule has 2 aromatic rings. The lowest BCUT2D eigenvalue weighted by atomic mass is 9.92. The molecule has 0 unspecified atom stereocenters. The van der Waals surface area contributed by atoms with Crippen molar-refractivity contribution in [2.24, 2.45) is 5.92 Å². The van der Waals surface area contributed by atoms with Crippen LogP contribution >= 0.6 is 22.9 Å². The molecule has 24 heavy (non-hydrogen) atoms. The normalized spacial score (nSPS) is 20.9. The molecule has 1 amide bonds. The van der Waals surface area contributed by atoms with Gasteiger partial charge in [0, 0.05) is 28.7 Å². The van der Waals surface area contributed by atoms with Crippen molar-refractivity contribution in [2.45, 2.75) is 39.7 Å². The molecule has 1 aliphatic rings. The number of likely N-dealkylation sites (tertiary alicyclic amines) is 1. The summed E-state index contributed by atoms with van der Waals surface area (Å²) in [6, 6.07) is 6.05. The Labute approximate surface area is 151 Å². The maximum Gasteiger partial charge on any atom is 0.273 e. The van der Waals surface area contributed by atoms with Crippen LogP contribution in [0.4, 0.5) is 10.8 Å². The quantitative estimate of drug-likeness (QED) is 0.824. The third-order valence-corrected chi connectivity index (χ3v) is 5.95. The molecule has 1 aliphatic heterocycles. The molecule has 2 atom stereocenters. The van der Waals surface area contributed by atoms with Gasteiger partial charge in [-0.25, -0.2) is 4.98 Å². The summed E-state index contributed by atoms with van der Waals surface area (Å²) >= 11 is 7.59. The second kappa shape index (κ2) is 7.11. The molecule has 0 saturated carbocycles. The minimum atomic E-state index is 0.0280. The zero-order valence-corrected chi connectivity index (χ0v) is 15.7.